The van der Waals surface area contributed by atoms with Gasteiger partial charge in [-0.3, -0.25) is 4.79 Å². The average molecular weight is 293 g/mol. The standard InChI is InChI=1S/C14H17ClN4O/c1-10(8-19-5-4-17-9-19)7-18-14(20)12-3-2-11(15)6-13(12)16/h2-6,9-10H,7-8,16H2,1H3,(H,18,20). The number of rotatable bonds is 5. The van der Waals surface area contributed by atoms with Crippen molar-refractivity contribution in [2.45, 2.75) is 13.5 Å². The van der Waals surface area contributed by atoms with Crippen molar-refractivity contribution in [2.75, 3.05) is 12.3 Å². The lowest BCUT2D eigenvalue weighted by Crippen LogP contribution is -2.30. The number of hydrogen-bond donors (Lipinski definition) is 2. The third-order valence-corrected chi connectivity index (χ3v) is 3.19. The number of hydrogen-bond acceptors (Lipinski definition) is 3. The van der Waals surface area contributed by atoms with E-state index in [9.17, 15) is 4.79 Å². The van der Waals surface area contributed by atoms with Gasteiger partial charge in [-0.15, -0.1) is 0 Å². The lowest BCUT2D eigenvalue weighted by Gasteiger charge is -2.14. The number of amides is 1. The second kappa shape index (κ2) is 6.43. The third kappa shape index (κ3) is 3.74. The summed E-state index contributed by atoms with van der Waals surface area (Å²) in [6.45, 7) is 3.43. The molecule has 0 radical (unpaired) electrons. The van der Waals surface area contributed by atoms with Crippen LogP contribution in [-0.2, 0) is 6.54 Å². The van der Waals surface area contributed by atoms with Gasteiger partial charge in [-0.05, 0) is 24.1 Å². The summed E-state index contributed by atoms with van der Waals surface area (Å²) in [5, 5.41) is 3.40. The van der Waals surface area contributed by atoms with Crippen molar-refractivity contribution < 1.29 is 4.79 Å². The largest absolute Gasteiger partial charge is 0.398 e. The average Bonchev–Trinajstić information content (AvgIpc) is 2.89. The van der Waals surface area contributed by atoms with Gasteiger partial charge in [0.25, 0.3) is 5.91 Å². The minimum absolute atomic E-state index is 0.184. The van der Waals surface area contributed by atoms with E-state index in [-0.39, 0.29) is 5.91 Å². The number of nitrogens with two attached hydrogens (primary N) is 1. The molecule has 0 saturated heterocycles. The number of aromatic nitrogens is 2. The van der Waals surface area contributed by atoms with Gasteiger partial charge in [0.15, 0.2) is 0 Å². The number of benzene rings is 1. The maximum absolute atomic E-state index is 12.0. The van der Waals surface area contributed by atoms with E-state index < -0.39 is 0 Å². The smallest absolute Gasteiger partial charge is 0.253 e. The Morgan fingerprint density at radius 2 is 2.35 bits per heavy atom. The fraction of sp³-hybridized carbons (Fsp3) is 0.286. The van der Waals surface area contributed by atoms with E-state index in [1.54, 1.807) is 30.7 Å². The SMILES string of the molecule is CC(CNC(=O)c1ccc(Cl)cc1N)Cn1ccnc1. The molecule has 0 fully saturated rings. The first kappa shape index (κ1) is 14.4. The van der Waals surface area contributed by atoms with Crippen LogP contribution in [0.2, 0.25) is 5.02 Å². The van der Waals surface area contributed by atoms with Crippen molar-refractivity contribution in [3.63, 3.8) is 0 Å². The summed E-state index contributed by atoms with van der Waals surface area (Å²) in [7, 11) is 0. The molecule has 1 unspecified atom stereocenters. The molecule has 1 amide bonds. The highest BCUT2D eigenvalue weighted by atomic mass is 35.5. The second-order valence-electron chi connectivity index (χ2n) is 4.81. The van der Waals surface area contributed by atoms with E-state index in [1.807, 2.05) is 10.8 Å². The van der Waals surface area contributed by atoms with Crippen LogP contribution < -0.4 is 11.1 Å². The van der Waals surface area contributed by atoms with Crippen LogP contribution in [0, 0.1) is 5.92 Å². The Balaban J connectivity index is 1.88. The van der Waals surface area contributed by atoms with Crippen LogP contribution >= 0.6 is 11.6 Å². The molecule has 1 aromatic carbocycles. The molecule has 0 spiro atoms. The van der Waals surface area contributed by atoms with E-state index in [1.165, 1.54) is 0 Å². The monoisotopic (exact) mass is 292 g/mol. The molecule has 0 bridgehead atoms. The summed E-state index contributed by atoms with van der Waals surface area (Å²) < 4.78 is 1.98. The molecule has 0 aliphatic carbocycles. The highest BCUT2D eigenvalue weighted by Crippen LogP contribution is 2.17. The van der Waals surface area contributed by atoms with Crippen LogP contribution in [-0.4, -0.2) is 22.0 Å². The predicted molar refractivity (Wildman–Crippen MR) is 79.6 cm³/mol. The molecular weight excluding hydrogens is 276 g/mol. The highest BCUT2D eigenvalue weighted by molar-refractivity contribution is 6.31. The van der Waals surface area contributed by atoms with Crippen LogP contribution in [0.15, 0.2) is 36.9 Å². The maximum atomic E-state index is 12.0. The molecule has 20 heavy (non-hydrogen) atoms. The van der Waals surface area contributed by atoms with Crippen LogP contribution in [0.3, 0.4) is 0 Å². The summed E-state index contributed by atoms with van der Waals surface area (Å²) in [4.78, 5) is 16.0. The molecule has 106 valence electrons. The quantitative estimate of drug-likeness (QED) is 0.830. The lowest BCUT2D eigenvalue weighted by molar-refractivity contribution is 0.0948. The number of imidazole rings is 1. The van der Waals surface area contributed by atoms with Crippen LogP contribution in [0.5, 0.6) is 0 Å². The minimum Gasteiger partial charge on any atom is -0.398 e. The molecule has 1 aromatic heterocycles. The van der Waals surface area contributed by atoms with Crippen molar-refractivity contribution in [3.05, 3.63) is 47.5 Å². The van der Waals surface area contributed by atoms with E-state index in [0.29, 0.717) is 28.7 Å². The zero-order valence-electron chi connectivity index (χ0n) is 11.2. The Hall–Kier alpha value is -2.01. The first-order chi connectivity index (χ1) is 9.56. The number of anilines is 1. The van der Waals surface area contributed by atoms with Crippen molar-refractivity contribution in [1.29, 1.82) is 0 Å². The van der Waals surface area contributed by atoms with Gasteiger partial charge >= 0.3 is 0 Å². The highest BCUT2D eigenvalue weighted by Gasteiger charge is 2.11. The number of halogens is 1. The molecule has 0 saturated carbocycles. The van der Waals surface area contributed by atoms with E-state index >= 15 is 0 Å². The Bertz CT molecular complexity index is 583. The zero-order chi connectivity index (χ0) is 14.5. The number of carbonyl (C=O) groups is 1. The molecule has 1 atom stereocenters. The topological polar surface area (TPSA) is 72.9 Å². The summed E-state index contributed by atoms with van der Waals surface area (Å²) in [6, 6.07) is 4.86. The summed E-state index contributed by atoms with van der Waals surface area (Å²) in [5.74, 6) is 0.110. The molecular formula is C14H17ClN4O. The molecule has 2 aromatic rings. The zero-order valence-corrected chi connectivity index (χ0v) is 12.0. The molecule has 0 aliphatic rings. The number of nitrogen functional groups attached to an aromatic ring is 1. The molecule has 2 rings (SSSR count). The molecule has 0 aliphatic heterocycles. The number of nitrogens with one attached hydrogen (secondary N) is 1. The normalized spacial score (nSPS) is 12.1. The van der Waals surface area contributed by atoms with E-state index in [4.69, 9.17) is 17.3 Å². The van der Waals surface area contributed by atoms with Gasteiger partial charge < -0.3 is 15.6 Å². The van der Waals surface area contributed by atoms with Gasteiger partial charge in [0.05, 0.1) is 11.9 Å². The fourth-order valence-corrected chi connectivity index (χ4v) is 2.10. The second-order valence-corrected chi connectivity index (χ2v) is 5.24. The molecule has 6 heteroatoms. The molecule has 3 N–H and O–H groups in total. The lowest BCUT2D eigenvalue weighted by atomic mass is 10.1. The molecule has 5 nitrogen and oxygen atoms in total. The maximum Gasteiger partial charge on any atom is 0.253 e. The van der Waals surface area contributed by atoms with Gasteiger partial charge in [0.1, 0.15) is 0 Å². The summed E-state index contributed by atoms with van der Waals surface area (Å²) in [5.41, 5.74) is 6.62. The van der Waals surface area contributed by atoms with Gasteiger partial charge in [-0.2, -0.15) is 0 Å². The number of nitrogens with zero attached hydrogens (tertiary/aromatic N) is 2. The Morgan fingerprint density at radius 3 is 3.00 bits per heavy atom. The first-order valence-electron chi connectivity index (χ1n) is 6.35. The van der Waals surface area contributed by atoms with Gasteiger partial charge in [-0.1, -0.05) is 18.5 Å². The Kier molecular flexibility index (Phi) is 4.63. The van der Waals surface area contributed by atoms with Crippen LogP contribution in [0.4, 0.5) is 5.69 Å². The third-order valence-electron chi connectivity index (χ3n) is 2.95. The fourth-order valence-electron chi connectivity index (χ4n) is 1.92. The summed E-state index contributed by atoms with van der Waals surface area (Å²) >= 11 is 5.81. The van der Waals surface area contributed by atoms with E-state index in [2.05, 4.69) is 17.2 Å². The van der Waals surface area contributed by atoms with Crippen molar-refractivity contribution in [1.82, 2.24) is 14.9 Å². The van der Waals surface area contributed by atoms with E-state index in [0.717, 1.165) is 6.54 Å². The first-order valence-corrected chi connectivity index (χ1v) is 6.73. The van der Waals surface area contributed by atoms with Crippen molar-refractivity contribution >= 4 is 23.2 Å². The molecule has 1 heterocycles. The van der Waals surface area contributed by atoms with Crippen LogP contribution in [0.25, 0.3) is 0 Å². The van der Waals surface area contributed by atoms with Gasteiger partial charge in [0.2, 0.25) is 0 Å². The summed E-state index contributed by atoms with van der Waals surface area (Å²) in [6.07, 6.45) is 5.39. The van der Waals surface area contributed by atoms with Crippen molar-refractivity contribution in [3.8, 4) is 0 Å². The Morgan fingerprint density at radius 1 is 1.55 bits per heavy atom. The number of carbonyl (C=O) groups excluding carboxylic acids is 1. The Labute approximate surface area is 122 Å². The minimum atomic E-state index is -0.184. The van der Waals surface area contributed by atoms with Gasteiger partial charge in [0, 0.05) is 36.2 Å². The van der Waals surface area contributed by atoms with Crippen LogP contribution in [0.1, 0.15) is 17.3 Å². The van der Waals surface area contributed by atoms with Gasteiger partial charge in [-0.25, -0.2) is 4.98 Å². The predicted octanol–water partition coefficient (Wildman–Crippen LogP) is 2.18. The van der Waals surface area contributed by atoms with Crippen molar-refractivity contribution in [2.24, 2.45) is 5.92 Å².